The number of carbonyl (C=O) groups is 1. The van der Waals surface area contributed by atoms with E-state index in [9.17, 15) is 4.79 Å². The number of pyridine rings is 1. The van der Waals surface area contributed by atoms with Gasteiger partial charge in [0.2, 0.25) is 0 Å². The van der Waals surface area contributed by atoms with Gasteiger partial charge < -0.3 is 10.6 Å². The minimum absolute atomic E-state index is 0.134. The van der Waals surface area contributed by atoms with Crippen molar-refractivity contribution in [2.24, 2.45) is 5.92 Å². The van der Waals surface area contributed by atoms with E-state index < -0.39 is 0 Å². The fourth-order valence-electron chi connectivity index (χ4n) is 2.21. The van der Waals surface area contributed by atoms with E-state index in [2.05, 4.69) is 15.6 Å². The lowest BCUT2D eigenvalue weighted by Gasteiger charge is -2.28. The number of halogens is 1. The van der Waals surface area contributed by atoms with Crippen LogP contribution < -0.4 is 10.6 Å². The summed E-state index contributed by atoms with van der Waals surface area (Å²) in [7, 11) is 0. The van der Waals surface area contributed by atoms with E-state index in [1.807, 2.05) is 6.92 Å². The number of carbonyl (C=O) groups excluding carboxylic acids is 1. The Hall–Kier alpha value is -1.13. The van der Waals surface area contributed by atoms with Crippen LogP contribution in [0.3, 0.4) is 0 Å². The first kappa shape index (κ1) is 13.3. The molecule has 0 spiro atoms. The smallest absolute Gasteiger partial charge is 0.270 e. The molecular weight excluding hydrogens is 250 g/mol. The van der Waals surface area contributed by atoms with Crippen molar-refractivity contribution in [3.8, 4) is 0 Å². The third-order valence-corrected chi connectivity index (χ3v) is 3.58. The van der Waals surface area contributed by atoms with Crippen LogP contribution in [0.15, 0.2) is 18.3 Å². The summed E-state index contributed by atoms with van der Waals surface area (Å²) in [6, 6.07) is 3.47. The summed E-state index contributed by atoms with van der Waals surface area (Å²) in [6.07, 6.45) is 3.82. The van der Waals surface area contributed by atoms with Crippen LogP contribution in [0.4, 0.5) is 0 Å². The molecule has 0 aliphatic carbocycles. The van der Waals surface area contributed by atoms with Gasteiger partial charge in [-0.05, 0) is 50.9 Å². The van der Waals surface area contributed by atoms with E-state index in [-0.39, 0.29) is 11.9 Å². The van der Waals surface area contributed by atoms with Crippen LogP contribution in [-0.2, 0) is 0 Å². The lowest BCUT2D eigenvalue weighted by atomic mass is 9.93. The lowest BCUT2D eigenvalue weighted by Crippen LogP contribution is -2.44. The molecule has 98 valence electrons. The number of nitrogens with one attached hydrogen (secondary N) is 2. The van der Waals surface area contributed by atoms with Gasteiger partial charge in [-0.2, -0.15) is 0 Å². The molecule has 1 aliphatic rings. The van der Waals surface area contributed by atoms with Crippen molar-refractivity contribution in [3.63, 3.8) is 0 Å². The van der Waals surface area contributed by atoms with E-state index in [1.165, 1.54) is 12.6 Å². The summed E-state index contributed by atoms with van der Waals surface area (Å²) in [6.45, 7) is 4.09. The van der Waals surface area contributed by atoms with Crippen LogP contribution in [0.5, 0.6) is 0 Å². The maximum absolute atomic E-state index is 12.0. The Kier molecular flexibility index (Phi) is 4.55. The van der Waals surface area contributed by atoms with Crippen molar-refractivity contribution in [3.05, 3.63) is 29.0 Å². The van der Waals surface area contributed by atoms with Gasteiger partial charge >= 0.3 is 0 Å². The molecule has 1 fully saturated rings. The molecule has 18 heavy (non-hydrogen) atoms. The van der Waals surface area contributed by atoms with Gasteiger partial charge in [0.25, 0.3) is 5.91 Å². The molecule has 1 aromatic rings. The van der Waals surface area contributed by atoms with Crippen molar-refractivity contribution >= 4 is 17.5 Å². The van der Waals surface area contributed by atoms with Gasteiger partial charge in [0.15, 0.2) is 0 Å². The fourth-order valence-corrected chi connectivity index (χ4v) is 2.33. The van der Waals surface area contributed by atoms with Gasteiger partial charge in [0.05, 0.1) is 5.02 Å². The molecule has 1 saturated heterocycles. The number of piperidine rings is 1. The number of aromatic nitrogens is 1. The minimum Gasteiger partial charge on any atom is -0.348 e. The van der Waals surface area contributed by atoms with E-state index in [0.29, 0.717) is 16.6 Å². The third kappa shape index (κ3) is 3.43. The number of rotatable bonds is 3. The molecule has 2 heterocycles. The summed E-state index contributed by atoms with van der Waals surface area (Å²) in [5.41, 5.74) is 0.412. The highest BCUT2D eigenvalue weighted by Gasteiger charge is 2.21. The predicted octanol–water partition coefficient (Wildman–Crippen LogP) is 1.85. The summed E-state index contributed by atoms with van der Waals surface area (Å²) in [4.78, 5) is 16.0. The summed E-state index contributed by atoms with van der Waals surface area (Å²) < 4.78 is 0. The normalized spacial score (nSPS) is 21.3. The molecule has 2 N–H and O–H groups in total. The van der Waals surface area contributed by atoms with Gasteiger partial charge in [0.1, 0.15) is 5.69 Å². The topological polar surface area (TPSA) is 54.0 Å². The summed E-state index contributed by atoms with van der Waals surface area (Å²) in [5.74, 6) is 0.361. The van der Waals surface area contributed by atoms with Crippen molar-refractivity contribution < 1.29 is 4.79 Å². The predicted molar refractivity (Wildman–Crippen MR) is 71.8 cm³/mol. The Morgan fingerprint density at radius 3 is 3.06 bits per heavy atom. The molecule has 0 radical (unpaired) electrons. The van der Waals surface area contributed by atoms with Crippen LogP contribution >= 0.6 is 11.6 Å². The Bertz CT molecular complexity index is 401. The van der Waals surface area contributed by atoms with Gasteiger partial charge in [-0.15, -0.1) is 0 Å². The van der Waals surface area contributed by atoms with E-state index >= 15 is 0 Å². The Morgan fingerprint density at radius 2 is 2.44 bits per heavy atom. The largest absolute Gasteiger partial charge is 0.348 e. The highest BCUT2D eigenvalue weighted by atomic mass is 35.5. The second-order valence-electron chi connectivity index (χ2n) is 4.73. The van der Waals surface area contributed by atoms with Crippen LogP contribution in [-0.4, -0.2) is 30.0 Å². The summed E-state index contributed by atoms with van der Waals surface area (Å²) >= 11 is 5.74. The molecule has 0 bridgehead atoms. The second-order valence-corrected chi connectivity index (χ2v) is 5.17. The van der Waals surface area contributed by atoms with Crippen LogP contribution in [0.25, 0.3) is 0 Å². The molecule has 0 saturated carbocycles. The Morgan fingerprint density at radius 1 is 1.61 bits per heavy atom. The van der Waals surface area contributed by atoms with Crippen molar-refractivity contribution in [1.29, 1.82) is 0 Å². The Labute approximate surface area is 112 Å². The van der Waals surface area contributed by atoms with E-state index in [1.54, 1.807) is 12.1 Å². The zero-order chi connectivity index (χ0) is 13.0. The van der Waals surface area contributed by atoms with Crippen LogP contribution in [0, 0.1) is 5.92 Å². The maximum Gasteiger partial charge on any atom is 0.270 e. The van der Waals surface area contributed by atoms with E-state index in [4.69, 9.17) is 11.6 Å². The molecule has 4 nitrogen and oxygen atoms in total. The average Bonchev–Trinajstić information content (AvgIpc) is 2.40. The fraction of sp³-hybridized carbons (Fsp3) is 0.538. The molecule has 2 unspecified atom stereocenters. The first-order chi connectivity index (χ1) is 8.66. The number of hydrogen-bond acceptors (Lipinski definition) is 3. The maximum atomic E-state index is 12.0. The van der Waals surface area contributed by atoms with E-state index in [0.717, 1.165) is 19.5 Å². The first-order valence-electron chi connectivity index (χ1n) is 6.30. The van der Waals surface area contributed by atoms with Crippen LogP contribution in [0.2, 0.25) is 5.02 Å². The van der Waals surface area contributed by atoms with Gasteiger partial charge in [-0.25, -0.2) is 4.98 Å². The minimum atomic E-state index is -0.134. The quantitative estimate of drug-likeness (QED) is 0.879. The summed E-state index contributed by atoms with van der Waals surface area (Å²) in [5, 5.41) is 6.89. The zero-order valence-electron chi connectivity index (χ0n) is 10.4. The van der Waals surface area contributed by atoms with Gasteiger partial charge in [-0.3, -0.25) is 4.79 Å². The SMILES string of the molecule is CC(NC(=O)c1ccc(Cl)cn1)C1CCCNC1. The molecule has 0 aromatic carbocycles. The first-order valence-corrected chi connectivity index (χ1v) is 6.68. The van der Waals surface area contributed by atoms with Crippen molar-refractivity contribution in [2.45, 2.75) is 25.8 Å². The Balaban J connectivity index is 1.91. The molecule has 2 rings (SSSR count). The molecule has 5 heteroatoms. The van der Waals surface area contributed by atoms with Crippen molar-refractivity contribution in [1.82, 2.24) is 15.6 Å². The molecule has 1 aromatic heterocycles. The molecule has 2 atom stereocenters. The van der Waals surface area contributed by atoms with Crippen molar-refractivity contribution in [2.75, 3.05) is 13.1 Å². The standard InChI is InChI=1S/C13H18ClN3O/c1-9(10-3-2-6-15-7-10)17-13(18)12-5-4-11(14)8-16-12/h4-5,8-10,15H,2-3,6-7H2,1H3,(H,17,18). The zero-order valence-corrected chi connectivity index (χ0v) is 11.2. The highest BCUT2D eigenvalue weighted by Crippen LogP contribution is 2.14. The molecular formula is C13H18ClN3O. The number of hydrogen-bond donors (Lipinski definition) is 2. The average molecular weight is 268 g/mol. The molecule has 1 aliphatic heterocycles. The van der Waals surface area contributed by atoms with Crippen LogP contribution in [0.1, 0.15) is 30.3 Å². The number of nitrogens with zero attached hydrogens (tertiary/aromatic N) is 1. The van der Waals surface area contributed by atoms with Gasteiger partial charge in [-0.1, -0.05) is 11.6 Å². The highest BCUT2D eigenvalue weighted by molar-refractivity contribution is 6.30. The third-order valence-electron chi connectivity index (χ3n) is 3.36. The number of amides is 1. The van der Waals surface area contributed by atoms with Gasteiger partial charge in [0, 0.05) is 12.2 Å². The second kappa shape index (κ2) is 6.16. The lowest BCUT2D eigenvalue weighted by molar-refractivity contribution is 0.0917. The monoisotopic (exact) mass is 267 g/mol. The molecule has 1 amide bonds.